The first-order valence-electron chi connectivity index (χ1n) is 7.63. The number of fused-ring (bicyclic) bond motifs is 1. The third kappa shape index (κ3) is 4.09. The lowest BCUT2D eigenvalue weighted by Gasteiger charge is -2.18. The van der Waals surface area contributed by atoms with Crippen LogP contribution in [0.5, 0.6) is 0 Å². The number of pyridine rings is 1. The van der Waals surface area contributed by atoms with E-state index in [0.717, 1.165) is 42.1 Å². The molecule has 0 spiro atoms. The fraction of sp³-hybridized carbons (Fsp3) is 0.353. The Labute approximate surface area is 137 Å². The zero-order chi connectivity index (χ0) is 16.4. The molecule has 5 nitrogen and oxygen atoms in total. The molecule has 122 valence electrons. The molecule has 1 aromatic heterocycles. The summed E-state index contributed by atoms with van der Waals surface area (Å²) in [4.78, 5) is 4.46. The summed E-state index contributed by atoms with van der Waals surface area (Å²) in [6.07, 6.45) is 4.20. The summed E-state index contributed by atoms with van der Waals surface area (Å²) in [5.41, 5.74) is 5.28. The lowest BCUT2D eigenvalue weighted by Crippen LogP contribution is -2.23. The minimum absolute atomic E-state index is 0.0713. The van der Waals surface area contributed by atoms with Gasteiger partial charge in [-0.3, -0.25) is 0 Å². The largest absolute Gasteiger partial charge is 0.340 e. The second-order valence-corrected chi connectivity index (χ2v) is 8.24. The molecule has 23 heavy (non-hydrogen) atoms. The molecule has 0 aliphatic carbocycles. The van der Waals surface area contributed by atoms with Gasteiger partial charge >= 0.3 is 0 Å². The first kappa shape index (κ1) is 16.0. The lowest BCUT2D eigenvalue weighted by molar-refractivity contribution is 0.601. The van der Waals surface area contributed by atoms with Crippen LogP contribution in [0.3, 0.4) is 0 Å². The van der Waals surface area contributed by atoms with Crippen molar-refractivity contribution >= 4 is 21.3 Å². The van der Waals surface area contributed by atoms with E-state index in [0.29, 0.717) is 0 Å². The number of nitrogens with zero attached hydrogens (tertiary/aromatic N) is 1. The highest BCUT2D eigenvalue weighted by molar-refractivity contribution is 7.89. The number of sulfone groups is 1. The molecule has 0 fully saturated rings. The van der Waals surface area contributed by atoms with Crippen LogP contribution >= 0.6 is 0 Å². The maximum atomic E-state index is 11.4. The Morgan fingerprint density at radius 3 is 2.83 bits per heavy atom. The van der Waals surface area contributed by atoms with Gasteiger partial charge in [0.1, 0.15) is 5.82 Å². The number of hydrogen-bond acceptors (Lipinski definition) is 5. The molecule has 1 aromatic carbocycles. The third-order valence-corrected chi connectivity index (χ3v) is 4.84. The number of rotatable bonds is 4. The summed E-state index contributed by atoms with van der Waals surface area (Å²) in [6, 6.07) is 7.78. The molecule has 6 heteroatoms. The summed E-state index contributed by atoms with van der Waals surface area (Å²) in [5, 5.41) is 6.65. The number of benzene rings is 1. The maximum absolute atomic E-state index is 11.4. The minimum atomic E-state index is -3.02. The zero-order valence-corrected chi connectivity index (χ0v) is 14.2. The van der Waals surface area contributed by atoms with E-state index >= 15 is 0 Å². The Morgan fingerprint density at radius 2 is 2.09 bits per heavy atom. The molecule has 0 saturated heterocycles. The quantitative estimate of drug-likeness (QED) is 0.900. The number of aryl methyl sites for hydroxylation is 1. The Bertz CT molecular complexity index is 832. The summed E-state index contributed by atoms with van der Waals surface area (Å²) in [5.74, 6) is 0.879. The van der Waals surface area contributed by atoms with Gasteiger partial charge in [-0.25, -0.2) is 13.4 Å². The van der Waals surface area contributed by atoms with E-state index in [1.807, 2.05) is 31.3 Å². The predicted molar refractivity (Wildman–Crippen MR) is 92.7 cm³/mol. The van der Waals surface area contributed by atoms with Gasteiger partial charge in [0.05, 0.1) is 5.75 Å². The van der Waals surface area contributed by atoms with Crippen molar-refractivity contribution in [3.63, 3.8) is 0 Å². The normalized spacial score (nSPS) is 14.3. The van der Waals surface area contributed by atoms with Crippen molar-refractivity contribution in [2.75, 3.05) is 18.1 Å². The van der Waals surface area contributed by atoms with Gasteiger partial charge in [0.15, 0.2) is 9.84 Å². The van der Waals surface area contributed by atoms with Crippen LogP contribution in [0, 0.1) is 6.92 Å². The van der Waals surface area contributed by atoms with Crippen LogP contribution in [0.4, 0.5) is 11.5 Å². The van der Waals surface area contributed by atoms with E-state index in [-0.39, 0.29) is 5.75 Å². The fourth-order valence-corrected chi connectivity index (χ4v) is 3.68. The van der Waals surface area contributed by atoms with Crippen LogP contribution in [-0.2, 0) is 28.6 Å². The van der Waals surface area contributed by atoms with Crippen LogP contribution in [0.25, 0.3) is 0 Å². The van der Waals surface area contributed by atoms with Gasteiger partial charge in [0.25, 0.3) is 0 Å². The van der Waals surface area contributed by atoms with Crippen LogP contribution in [-0.4, -0.2) is 26.2 Å². The molecule has 1 aliphatic rings. The highest BCUT2D eigenvalue weighted by Crippen LogP contribution is 2.22. The van der Waals surface area contributed by atoms with Gasteiger partial charge in [0, 0.05) is 24.7 Å². The van der Waals surface area contributed by atoms with Gasteiger partial charge in [-0.05, 0) is 60.3 Å². The molecule has 2 heterocycles. The molecule has 0 saturated carbocycles. The monoisotopic (exact) mass is 331 g/mol. The average molecular weight is 331 g/mol. The van der Waals surface area contributed by atoms with E-state index in [2.05, 4.69) is 21.7 Å². The molecule has 0 bridgehead atoms. The molecule has 0 radical (unpaired) electrons. The molecule has 0 amide bonds. The number of aromatic nitrogens is 1. The lowest BCUT2D eigenvalue weighted by atomic mass is 10.0. The Balaban J connectivity index is 1.79. The Hall–Kier alpha value is -1.92. The average Bonchev–Trinajstić information content (AvgIpc) is 2.49. The van der Waals surface area contributed by atoms with Crippen molar-refractivity contribution in [2.24, 2.45) is 0 Å². The first-order valence-corrected chi connectivity index (χ1v) is 9.69. The fourth-order valence-electron chi connectivity index (χ4n) is 2.80. The maximum Gasteiger partial charge on any atom is 0.151 e. The highest BCUT2D eigenvalue weighted by Gasteiger charge is 2.11. The van der Waals surface area contributed by atoms with Gasteiger partial charge in [-0.1, -0.05) is 6.07 Å². The number of anilines is 2. The molecule has 2 N–H and O–H groups in total. The Kier molecular flexibility index (Phi) is 4.37. The molecule has 0 atom stereocenters. The third-order valence-electron chi connectivity index (χ3n) is 4.00. The second kappa shape index (κ2) is 6.29. The van der Waals surface area contributed by atoms with Gasteiger partial charge in [0.2, 0.25) is 0 Å². The van der Waals surface area contributed by atoms with Gasteiger partial charge < -0.3 is 10.6 Å². The Morgan fingerprint density at radius 1 is 1.26 bits per heavy atom. The van der Waals surface area contributed by atoms with Crippen molar-refractivity contribution in [3.05, 3.63) is 52.7 Å². The summed E-state index contributed by atoms with van der Waals surface area (Å²) < 4.78 is 22.9. The summed E-state index contributed by atoms with van der Waals surface area (Å²) in [6.45, 7) is 3.80. The van der Waals surface area contributed by atoms with Gasteiger partial charge in [-0.15, -0.1) is 0 Å². The van der Waals surface area contributed by atoms with Crippen LogP contribution < -0.4 is 10.6 Å². The van der Waals surface area contributed by atoms with E-state index in [4.69, 9.17) is 0 Å². The molecular formula is C17H21N3O2S. The molecule has 2 aromatic rings. The first-order chi connectivity index (χ1) is 10.9. The topological polar surface area (TPSA) is 71.1 Å². The van der Waals surface area contributed by atoms with E-state index < -0.39 is 9.84 Å². The van der Waals surface area contributed by atoms with Crippen LogP contribution in [0.2, 0.25) is 0 Å². The zero-order valence-electron chi connectivity index (χ0n) is 13.4. The van der Waals surface area contributed by atoms with Crippen LogP contribution in [0.1, 0.15) is 22.3 Å². The summed E-state index contributed by atoms with van der Waals surface area (Å²) >= 11 is 0. The molecule has 3 rings (SSSR count). The highest BCUT2D eigenvalue weighted by atomic mass is 32.2. The number of nitrogens with one attached hydrogen (secondary N) is 2. The molecule has 0 unspecified atom stereocenters. The summed E-state index contributed by atoms with van der Waals surface area (Å²) in [7, 11) is -3.02. The smallest absolute Gasteiger partial charge is 0.151 e. The van der Waals surface area contributed by atoms with Gasteiger partial charge in [-0.2, -0.15) is 0 Å². The van der Waals surface area contributed by atoms with Crippen molar-refractivity contribution < 1.29 is 8.42 Å². The molecule has 1 aliphatic heterocycles. The standard InChI is InChI=1S/C17H21N3O2S/c1-12-7-16(4-3-14(12)11-23(2,21)22)20-17-8-15-9-18-6-5-13(15)10-19-17/h3-4,7-8,10,18H,5-6,9,11H2,1-2H3,(H,19,20). The van der Waals surface area contributed by atoms with Crippen molar-refractivity contribution in [2.45, 2.75) is 25.6 Å². The second-order valence-electron chi connectivity index (χ2n) is 6.10. The van der Waals surface area contributed by atoms with E-state index in [9.17, 15) is 8.42 Å². The van der Waals surface area contributed by atoms with Crippen molar-refractivity contribution in [1.29, 1.82) is 0 Å². The van der Waals surface area contributed by atoms with E-state index in [1.165, 1.54) is 17.4 Å². The van der Waals surface area contributed by atoms with Crippen molar-refractivity contribution in [3.8, 4) is 0 Å². The molecular weight excluding hydrogens is 310 g/mol. The number of hydrogen-bond donors (Lipinski definition) is 2. The SMILES string of the molecule is Cc1cc(Nc2cc3c(cn2)CCNC3)ccc1CS(C)(=O)=O. The van der Waals surface area contributed by atoms with E-state index in [1.54, 1.807) is 0 Å². The van der Waals surface area contributed by atoms with Crippen molar-refractivity contribution in [1.82, 2.24) is 10.3 Å². The predicted octanol–water partition coefficient (Wildman–Crippen LogP) is 2.32. The van der Waals surface area contributed by atoms with Crippen LogP contribution in [0.15, 0.2) is 30.5 Å². The minimum Gasteiger partial charge on any atom is -0.340 e.